The monoisotopic (exact) mass is 192 g/mol. The van der Waals surface area contributed by atoms with Gasteiger partial charge in [-0.2, -0.15) is 0 Å². The Hall–Kier alpha value is -0.820. The Kier molecular flexibility index (Phi) is 4.68. The van der Waals surface area contributed by atoms with Crippen LogP contribution in [0.15, 0.2) is 24.3 Å². The van der Waals surface area contributed by atoms with E-state index in [0.717, 1.165) is 18.9 Å². The predicted octanol–water partition coefficient (Wildman–Crippen LogP) is 3.07. The van der Waals surface area contributed by atoms with Crippen LogP contribution >= 0.6 is 0 Å². The molecule has 0 aliphatic carbocycles. The molecule has 0 N–H and O–H groups in total. The molecule has 0 atom stereocenters. The number of hydrogen-bond donors (Lipinski definition) is 0. The third-order valence-electron chi connectivity index (χ3n) is 2.23. The third-order valence-corrected chi connectivity index (χ3v) is 2.23. The Bertz CT molecular complexity index is 266. The molecule has 0 aliphatic rings. The first-order chi connectivity index (χ1) is 6.72. The minimum atomic E-state index is 0.729. The Labute approximate surface area is 87.1 Å². The minimum Gasteiger partial charge on any atom is -0.384 e. The lowest BCUT2D eigenvalue weighted by molar-refractivity contribution is 0.202. The van der Waals surface area contributed by atoms with Gasteiger partial charge in [-0.15, -0.1) is 0 Å². The number of ether oxygens (including phenoxy) is 1. The van der Waals surface area contributed by atoms with Crippen LogP contribution in [0.25, 0.3) is 0 Å². The SMILES string of the molecule is COCCc1cccc(CC(C)C)c1. The van der Waals surface area contributed by atoms with Gasteiger partial charge in [0.05, 0.1) is 6.61 Å². The summed E-state index contributed by atoms with van der Waals surface area (Å²) in [6.07, 6.45) is 2.18. The quantitative estimate of drug-likeness (QED) is 0.696. The number of methoxy groups -OCH3 is 1. The van der Waals surface area contributed by atoms with Crippen LogP contribution in [0.3, 0.4) is 0 Å². The molecule has 0 heterocycles. The Morgan fingerprint density at radius 1 is 1.21 bits per heavy atom. The minimum absolute atomic E-state index is 0.729. The summed E-state index contributed by atoms with van der Waals surface area (Å²) in [4.78, 5) is 0. The highest BCUT2D eigenvalue weighted by Crippen LogP contribution is 2.10. The molecule has 0 aliphatic heterocycles. The summed E-state index contributed by atoms with van der Waals surface area (Å²) in [6, 6.07) is 8.81. The van der Waals surface area contributed by atoms with E-state index < -0.39 is 0 Å². The van der Waals surface area contributed by atoms with E-state index in [1.54, 1.807) is 7.11 Å². The van der Waals surface area contributed by atoms with E-state index in [9.17, 15) is 0 Å². The van der Waals surface area contributed by atoms with E-state index in [1.807, 2.05) is 0 Å². The second kappa shape index (κ2) is 5.82. The van der Waals surface area contributed by atoms with Gasteiger partial charge in [-0.05, 0) is 29.9 Å². The number of benzene rings is 1. The zero-order valence-electron chi connectivity index (χ0n) is 9.42. The smallest absolute Gasteiger partial charge is 0.0502 e. The fourth-order valence-electron chi connectivity index (χ4n) is 1.60. The van der Waals surface area contributed by atoms with E-state index >= 15 is 0 Å². The standard InChI is InChI=1S/C13H20O/c1-11(2)9-13-6-4-5-12(10-13)7-8-14-3/h4-6,10-11H,7-9H2,1-3H3. The molecule has 1 rings (SSSR count). The molecule has 0 amide bonds. The van der Waals surface area contributed by atoms with E-state index in [4.69, 9.17) is 4.74 Å². The molecule has 0 spiro atoms. The molecule has 1 nitrogen and oxygen atoms in total. The highest BCUT2D eigenvalue weighted by molar-refractivity contribution is 5.23. The van der Waals surface area contributed by atoms with Crippen LogP contribution < -0.4 is 0 Å². The zero-order valence-corrected chi connectivity index (χ0v) is 9.42. The summed E-state index contributed by atoms with van der Waals surface area (Å²) < 4.78 is 5.07. The number of rotatable bonds is 5. The second-order valence-electron chi connectivity index (χ2n) is 4.16. The van der Waals surface area contributed by atoms with E-state index in [-0.39, 0.29) is 0 Å². The van der Waals surface area contributed by atoms with Crippen molar-refractivity contribution in [2.75, 3.05) is 13.7 Å². The first-order valence-corrected chi connectivity index (χ1v) is 5.29. The molecule has 1 heteroatoms. The Morgan fingerprint density at radius 3 is 2.57 bits per heavy atom. The van der Waals surface area contributed by atoms with Gasteiger partial charge in [-0.3, -0.25) is 0 Å². The van der Waals surface area contributed by atoms with Gasteiger partial charge in [0, 0.05) is 7.11 Å². The van der Waals surface area contributed by atoms with Gasteiger partial charge in [0.1, 0.15) is 0 Å². The van der Waals surface area contributed by atoms with Crippen LogP contribution in [-0.4, -0.2) is 13.7 Å². The maximum absolute atomic E-state index is 5.07. The van der Waals surface area contributed by atoms with Gasteiger partial charge < -0.3 is 4.74 Å². The Morgan fingerprint density at radius 2 is 1.93 bits per heavy atom. The molecular formula is C13H20O. The van der Waals surface area contributed by atoms with Crippen molar-refractivity contribution >= 4 is 0 Å². The number of hydrogen-bond acceptors (Lipinski definition) is 1. The molecule has 0 fully saturated rings. The fraction of sp³-hybridized carbons (Fsp3) is 0.538. The summed E-state index contributed by atoms with van der Waals surface area (Å²) >= 11 is 0. The van der Waals surface area contributed by atoms with Crippen LogP contribution in [0.5, 0.6) is 0 Å². The maximum atomic E-state index is 5.07. The van der Waals surface area contributed by atoms with Crippen molar-refractivity contribution in [2.45, 2.75) is 26.7 Å². The molecule has 0 bridgehead atoms. The lowest BCUT2D eigenvalue weighted by atomic mass is 10.0. The molecule has 14 heavy (non-hydrogen) atoms. The molecule has 78 valence electrons. The summed E-state index contributed by atoms with van der Waals surface area (Å²) in [5, 5.41) is 0. The first kappa shape index (κ1) is 11.3. The van der Waals surface area contributed by atoms with Crippen molar-refractivity contribution in [3.8, 4) is 0 Å². The topological polar surface area (TPSA) is 9.23 Å². The average molecular weight is 192 g/mol. The Balaban J connectivity index is 2.59. The molecule has 1 aromatic rings. The van der Waals surface area contributed by atoms with Gasteiger partial charge in [0.2, 0.25) is 0 Å². The second-order valence-corrected chi connectivity index (χ2v) is 4.16. The van der Waals surface area contributed by atoms with Crippen molar-refractivity contribution < 1.29 is 4.74 Å². The molecule has 0 radical (unpaired) electrons. The fourth-order valence-corrected chi connectivity index (χ4v) is 1.60. The van der Waals surface area contributed by atoms with Crippen molar-refractivity contribution in [3.05, 3.63) is 35.4 Å². The van der Waals surface area contributed by atoms with Crippen LogP contribution in [0.1, 0.15) is 25.0 Å². The average Bonchev–Trinajstić information content (AvgIpc) is 2.14. The predicted molar refractivity (Wildman–Crippen MR) is 60.6 cm³/mol. The highest BCUT2D eigenvalue weighted by atomic mass is 16.5. The zero-order chi connectivity index (χ0) is 10.4. The van der Waals surface area contributed by atoms with Crippen molar-refractivity contribution in [1.82, 2.24) is 0 Å². The lowest BCUT2D eigenvalue weighted by Gasteiger charge is -2.07. The van der Waals surface area contributed by atoms with E-state index in [0.29, 0.717) is 0 Å². The van der Waals surface area contributed by atoms with Crippen LogP contribution in [0.4, 0.5) is 0 Å². The maximum Gasteiger partial charge on any atom is 0.0502 e. The highest BCUT2D eigenvalue weighted by Gasteiger charge is 1.99. The summed E-state index contributed by atoms with van der Waals surface area (Å²) in [5.74, 6) is 0.729. The van der Waals surface area contributed by atoms with Crippen molar-refractivity contribution in [3.63, 3.8) is 0 Å². The third kappa shape index (κ3) is 3.93. The van der Waals surface area contributed by atoms with Gasteiger partial charge in [0.15, 0.2) is 0 Å². The van der Waals surface area contributed by atoms with Crippen molar-refractivity contribution in [1.29, 1.82) is 0 Å². The van der Waals surface area contributed by atoms with Gasteiger partial charge in [-0.25, -0.2) is 0 Å². The van der Waals surface area contributed by atoms with Gasteiger partial charge in [0.25, 0.3) is 0 Å². The summed E-state index contributed by atoms with van der Waals surface area (Å²) in [6.45, 7) is 5.31. The molecule has 0 saturated heterocycles. The largest absolute Gasteiger partial charge is 0.384 e. The van der Waals surface area contributed by atoms with Gasteiger partial charge >= 0.3 is 0 Å². The summed E-state index contributed by atoms with van der Waals surface area (Å²) in [7, 11) is 1.75. The van der Waals surface area contributed by atoms with Gasteiger partial charge in [-0.1, -0.05) is 38.1 Å². The van der Waals surface area contributed by atoms with Crippen molar-refractivity contribution in [2.24, 2.45) is 5.92 Å². The molecule has 0 aromatic heterocycles. The first-order valence-electron chi connectivity index (χ1n) is 5.29. The molecule has 0 unspecified atom stereocenters. The summed E-state index contributed by atoms with van der Waals surface area (Å²) in [5.41, 5.74) is 2.82. The normalized spacial score (nSPS) is 10.9. The van der Waals surface area contributed by atoms with Crippen LogP contribution in [0, 0.1) is 5.92 Å². The van der Waals surface area contributed by atoms with Crippen LogP contribution in [-0.2, 0) is 17.6 Å². The lowest BCUT2D eigenvalue weighted by Crippen LogP contribution is -1.98. The molecule has 0 saturated carbocycles. The molecular weight excluding hydrogens is 172 g/mol. The molecule has 1 aromatic carbocycles. The van der Waals surface area contributed by atoms with E-state index in [1.165, 1.54) is 17.5 Å². The van der Waals surface area contributed by atoms with Crippen LogP contribution in [0.2, 0.25) is 0 Å². The van der Waals surface area contributed by atoms with E-state index in [2.05, 4.69) is 38.1 Å².